The molecule has 1 aliphatic rings. The number of carbonyl (C=O) groups is 2. The van der Waals surface area contributed by atoms with Crippen LogP contribution < -0.4 is 10.6 Å². The Labute approximate surface area is 112 Å². The van der Waals surface area contributed by atoms with E-state index in [1.54, 1.807) is 19.1 Å². The Morgan fingerprint density at radius 1 is 1.37 bits per heavy atom. The molecule has 1 fully saturated rings. The molecule has 0 atom stereocenters. The van der Waals surface area contributed by atoms with Crippen LogP contribution >= 0.6 is 0 Å². The number of carbonyl (C=O) groups excluding carboxylic acids is 1. The number of urea groups is 1. The van der Waals surface area contributed by atoms with E-state index >= 15 is 0 Å². The summed E-state index contributed by atoms with van der Waals surface area (Å²) in [7, 11) is 0. The SMILES string of the molecule is Cc1cc(NC(=O)NCC2CCC2)ccc1C(=O)O. The van der Waals surface area contributed by atoms with Gasteiger partial charge in [-0.15, -0.1) is 0 Å². The molecule has 0 heterocycles. The lowest BCUT2D eigenvalue weighted by Gasteiger charge is -2.25. The topological polar surface area (TPSA) is 78.4 Å². The van der Waals surface area contributed by atoms with E-state index in [-0.39, 0.29) is 11.6 Å². The largest absolute Gasteiger partial charge is 0.478 e. The van der Waals surface area contributed by atoms with Gasteiger partial charge in [-0.3, -0.25) is 0 Å². The van der Waals surface area contributed by atoms with Crippen LogP contribution in [-0.4, -0.2) is 23.7 Å². The van der Waals surface area contributed by atoms with Gasteiger partial charge in [-0.1, -0.05) is 6.42 Å². The molecular weight excluding hydrogens is 244 g/mol. The summed E-state index contributed by atoms with van der Waals surface area (Å²) in [4.78, 5) is 22.5. The van der Waals surface area contributed by atoms with Crippen LogP contribution in [-0.2, 0) is 0 Å². The highest BCUT2D eigenvalue weighted by atomic mass is 16.4. The van der Waals surface area contributed by atoms with Crippen molar-refractivity contribution < 1.29 is 14.7 Å². The highest BCUT2D eigenvalue weighted by Crippen LogP contribution is 2.25. The Morgan fingerprint density at radius 3 is 2.63 bits per heavy atom. The minimum atomic E-state index is -0.960. The second kappa shape index (κ2) is 5.73. The first-order chi connectivity index (χ1) is 9.06. The normalized spacial score (nSPS) is 14.6. The molecule has 1 saturated carbocycles. The van der Waals surface area contributed by atoms with Crippen LogP contribution in [0.3, 0.4) is 0 Å². The lowest BCUT2D eigenvalue weighted by atomic mass is 9.85. The van der Waals surface area contributed by atoms with Crippen molar-refractivity contribution in [2.24, 2.45) is 5.92 Å². The molecule has 2 amide bonds. The first-order valence-corrected chi connectivity index (χ1v) is 6.45. The van der Waals surface area contributed by atoms with Crippen LogP contribution in [0.25, 0.3) is 0 Å². The molecule has 5 heteroatoms. The molecule has 5 nitrogen and oxygen atoms in total. The number of amides is 2. The van der Waals surface area contributed by atoms with Gasteiger partial charge in [-0.25, -0.2) is 9.59 Å². The number of rotatable bonds is 4. The Kier molecular flexibility index (Phi) is 4.04. The van der Waals surface area contributed by atoms with E-state index < -0.39 is 5.97 Å². The number of hydrogen-bond acceptors (Lipinski definition) is 2. The highest BCUT2D eigenvalue weighted by molar-refractivity contribution is 5.92. The first-order valence-electron chi connectivity index (χ1n) is 6.45. The summed E-state index contributed by atoms with van der Waals surface area (Å²) < 4.78 is 0. The summed E-state index contributed by atoms with van der Waals surface area (Å²) in [6, 6.07) is 4.51. The maximum Gasteiger partial charge on any atom is 0.335 e. The zero-order valence-electron chi connectivity index (χ0n) is 10.9. The fourth-order valence-electron chi connectivity index (χ4n) is 2.09. The van der Waals surface area contributed by atoms with Crippen LogP contribution in [0.4, 0.5) is 10.5 Å². The van der Waals surface area contributed by atoms with Crippen LogP contribution in [0.15, 0.2) is 18.2 Å². The van der Waals surface area contributed by atoms with Gasteiger partial charge in [0.05, 0.1) is 5.56 Å². The van der Waals surface area contributed by atoms with Crippen LogP contribution in [0.1, 0.15) is 35.2 Å². The second-order valence-corrected chi connectivity index (χ2v) is 4.97. The third kappa shape index (κ3) is 3.47. The van der Waals surface area contributed by atoms with E-state index in [0.29, 0.717) is 23.7 Å². The molecule has 0 aromatic heterocycles. The molecule has 102 valence electrons. The molecular formula is C14H18N2O3. The van der Waals surface area contributed by atoms with Crippen molar-refractivity contribution in [3.8, 4) is 0 Å². The number of hydrogen-bond donors (Lipinski definition) is 3. The Balaban J connectivity index is 1.89. The molecule has 0 aliphatic heterocycles. The monoisotopic (exact) mass is 262 g/mol. The summed E-state index contributed by atoms with van der Waals surface area (Å²) in [5.74, 6) is -0.347. The fourth-order valence-corrected chi connectivity index (χ4v) is 2.09. The maximum atomic E-state index is 11.6. The van der Waals surface area contributed by atoms with Gasteiger partial charge in [0, 0.05) is 12.2 Å². The third-order valence-electron chi connectivity index (χ3n) is 3.49. The van der Waals surface area contributed by atoms with Gasteiger partial charge < -0.3 is 15.7 Å². The van der Waals surface area contributed by atoms with E-state index in [9.17, 15) is 9.59 Å². The average molecular weight is 262 g/mol. The Hall–Kier alpha value is -2.04. The molecule has 0 bridgehead atoms. The number of benzene rings is 1. The summed E-state index contributed by atoms with van der Waals surface area (Å²) in [6.07, 6.45) is 3.63. The van der Waals surface area contributed by atoms with Crippen molar-refractivity contribution in [3.63, 3.8) is 0 Å². The lowest BCUT2D eigenvalue weighted by molar-refractivity contribution is 0.0696. The molecule has 2 rings (SSSR count). The average Bonchev–Trinajstić information content (AvgIpc) is 2.26. The van der Waals surface area contributed by atoms with E-state index in [1.807, 2.05) is 0 Å². The van der Waals surface area contributed by atoms with Crippen molar-refractivity contribution in [3.05, 3.63) is 29.3 Å². The number of nitrogens with one attached hydrogen (secondary N) is 2. The molecule has 0 radical (unpaired) electrons. The Bertz CT molecular complexity index is 495. The first kappa shape index (κ1) is 13.4. The predicted octanol–water partition coefficient (Wildman–Crippen LogP) is 2.61. The van der Waals surface area contributed by atoms with E-state index in [1.165, 1.54) is 25.3 Å². The van der Waals surface area contributed by atoms with E-state index in [4.69, 9.17) is 5.11 Å². The van der Waals surface area contributed by atoms with Gasteiger partial charge in [0.15, 0.2) is 0 Å². The summed E-state index contributed by atoms with van der Waals surface area (Å²) >= 11 is 0. The molecule has 1 aromatic rings. The van der Waals surface area contributed by atoms with Crippen molar-refractivity contribution in [1.29, 1.82) is 0 Å². The maximum absolute atomic E-state index is 11.6. The van der Waals surface area contributed by atoms with Crippen LogP contribution in [0.5, 0.6) is 0 Å². The Morgan fingerprint density at radius 2 is 2.11 bits per heavy atom. The van der Waals surface area contributed by atoms with E-state index in [0.717, 1.165) is 0 Å². The lowest BCUT2D eigenvalue weighted by Crippen LogP contribution is -2.35. The number of carboxylic acid groups (broad SMARTS) is 1. The van der Waals surface area contributed by atoms with Gasteiger partial charge in [-0.2, -0.15) is 0 Å². The van der Waals surface area contributed by atoms with Gasteiger partial charge in [0.2, 0.25) is 0 Å². The molecule has 3 N–H and O–H groups in total. The van der Waals surface area contributed by atoms with Crippen LogP contribution in [0.2, 0.25) is 0 Å². The zero-order chi connectivity index (χ0) is 13.8. The van der Waals surface area contributed by atoms with Gasteiger partial charge in [0.25, 0.3) is 0 Å². The molecule has 1 aromatic carbocycles. The number of anilines is 1. The number of aromatic carboxylic acids is 1. The predicted molar refractivity (Wildman–Crippen MR) is 72.5 cm³/mol. The van der Waals surface area contributed by atoms with Gasteiger partial charge in [-0.05, 0) is 49.4 Å². The molecule has 19 heavy (non-hydrogen) atoms. The highest BCUT2D eigenvalue weighted by Gasteiger charge is 2.17. The van der Waals surface area contributed by atoms with Crippen molar-refractivity contribution in [1.82, 2.24) is 5.32 Å². The zero-order valence-corrected chi connectivity index (χ0v) is 10.9. The molecule has 0 unspecified atom stereocenters. The van der Waals surface area contributed by atoms with Crippen molar-refractivity contribution in [2.45, 2.75) is 26.2 Å². The van der Waals surface area contributed by atoms with Crippen LogP contribution in [0, 0.1) is 12.8 Å². The quantitative estimate of drug-likeness (QED) is 0.780. The minimum Gasteiger partial charge on any atom is -0.478 e. The van der Waals surface area contributed by atoms with Gasteiger partial charge in [0.1, 0.15) is 0 Å². The van der Waals surface area contributed by atoms with Crippen molar-refractivity contribution >= 4 is 17.7 Å². The standard InChI is InChI=1S/C14H18N2O3/c1-9-7-11(5-6-12(9)13(17)18)16-14(19)15-8-10-3-2-4-10/h5-7,10H,2-4,8H2,1H3,(H,17,18)(H2,15,16,19). The number of carboxylic acids is 1. The molecule has 0 saturated heterocycles. The fraction of sp³-hybridized carbons (Fsp3) is 0.429. The van der Waals surface area contributed by atoms with Crippen molar-refractivity contribution in [2.75, 3.05) is 11.9 Å². The second-order valence-electron chi connectivity index (χ2n) is 4.97. The molecule has 1 aliphatic carbocycles. The third-order valence-corrected chi connectivity index (χ3v) is 3.49. The van der Waals surface area contributed by atoms with Gasteiger partial charge >= 0.3 is 12.0 Å². The molecule has 0 spiro atoms. The number of aryl methyl sites for hydroxylation is 1. The van der Waals surface area contributed by atoms with E-state index in [2.05, 4.69) is 10.6 Å². The summed E-state index contributed by atoms with van der Waals surface area (Å²) in [6.45, 7) is 2.42. The summed E-state index contributed by atoms with van der Waals surface area (Å²) in [5.41, 5.74) is 1.48. The minimum absolute atomic E-state index is 0.241. The smallest absolute Gasteiger partial charge is 0.335 e. The summed E-state index contributed by atoms with van der Waals surface area (Å²) in [5, 5.41) is 14.5.